The molecular formula is C43H74N8O9S. The van der Waals surface area contributed by atoms with E-state index in [1.54, 1.807) is 12.1 Å². The maximum atomic E-state index is 13.8. The molecule has 346 valence electrons. The number of primary amides is 1. The summed E-state index contributed by atoms with van der Waals surface area (Å²) in [5, 5.41) is 25.4. The van der Waals surface area contributed by atoms with Crippen LogP contribution in [0, 0.1) is 0 Å². The summed E-state index contributed by atoms with van der Waals surface area (Å²) in [6.45, 7) is 2.87. The molecule has 1 aromatic carbocycles. The zero-order valence-corrected chi connectivity index (χ0v) is 37.5. The third-order valence-corrected chi connectivity index (χ3v) is 10.6. The molecule has 0 aliphatic carbocycles. The van der Waals surface area contributed by atoms with Gasteiger partial charge in [0.2, 0.25) is 41.4 Å². The van der Waals surface area contributed by atoms with Crippen molar-refractivity contribution >= 4 is 53.1 Å². The summed E-state index contributed by atoms with van der Waals surface area (Å²) in [4.78, 5) is 90.8. The van der Waals surface area contributed by atoms with Gasteiger partial charge in [-0.3, -0.25) is 33.6 Å². The van der Waals surface area contributed by atoms with E-state index in [1.165, 1.54) is 82.3 Å². The molecule has 0 saturated carbocycles. The van der Waals surface area contributed by atoms with Crippen LogP contribution in [0.4, 0.5) is 0 Å². The average Bonchev–Trinajstić information content (AvgIpc) is 3.24. The van der Waals surface area contributed by atoms with Crippen molar-refractivity contribution in [3.05, 3.63) is 29.8 Å². The summed E-state index contributed by atoms with van der Waals surface area (Å²) in [6.07, 6.45) is 15.3. The predicted octanol–water partition coefficient (Wildman–Crippen LogP) is 2.21. The second kappa shape index (κ2) is 34.2. The number of phenolic OH excluding ortho intramolecular Hbond substituents is 1. The number of rotatable bonds is 36. The van der Waals surface area contributed by atoms with Crippen LogP contribution in [0.5, 0.6) is 5.75 Å². The number of hydrogen-bond donors (Lipinski definition) is 9. The summed E-state index contributed by atoms with van der Waals surface area (Å²) in [5.41, 5.74) is 11.5. The number of unbranched alkanes of at least 4 members (excludes halogenated alkanes) is 10. The molecule has 0 aromatic heterocycles. The normalized spacial score (nSPS) is 12.9. The van der Waals surface area contributed by atoms with Gasteiger partial charge in [-0.2, -0.15) is 11.8 Å². The van der Waals surface area contributed by atoms with Gasteiger partial charge in [-0.25, -0.2) is 0 Å². The van der Waals surface area contributed by atoms with E-state index in [9.17, 15) is 38.7 Å². The summed E-state index contributed by atoms with van der Waals surface area (Å²) < 4.78 is 5.67. The number of phenols is 1. The molecule has 0 saturated heterocycles. The maximum Gasteiger partial charge on any atom is 0.243 e. The van der Waals surface area contributed by atoms with E-state index in [1.807, 2.05) is 6.26 Å². The third kappa shape index (κ3) is 26.5. The van der Waals surface area contributed by atoms with Gasteiger partial charge in [-0.15, -0.1) is 0 Å². The number of carbonyl (C=O) groups excluding carboxylic acids is 7. The standard InChI is InChI=1S/C43H74N8O9S/c1-4-5-6-7-8-9-10-11-12-15-26-60-27-23-38(54)48-35(24-28-61-3)41(57)47-30-39(55)49-36(29-31-17-19-32(52)20-18-31)43(59)51-34(21-22-37(45)53)42(58)50-33(40(56)46-2)16-13-14-25-44/h17-20,33-36,52H,4-16,21-30,44H2,1-3H3,(H2,45,53)(H,46,56)(H,47,57)(H,48,54)(H,49,55)(H,50,58)(H,51,59)/t33-,34-,35-,36-/m0/s1. The van der Waals surface area contributed by atoms with Crippen LogP contribution < -0.4 is 43.4 Å². The van der Waals surface area contributed by atoms with Crippen molar-refractivity contribution in [1.82, 2.24) is 31.9 Å². The third-order valence-electron chi connectivity index (χ3n) is 9.97. The summed E-state index contributed by atoms with van der Waals surface area (Å²) >= 11 is 1.50. The molecule has 17 nitrogen and oxygen atoms in total. The number of benzene rings is 1. The van der Waals surface area contributed by atoms with E-state index in [4.69, 9.17) is 16.2 Å². The van der Waals surface area contributed by atoms with Crippen LogP contribution >= 0.6 is 11.8 Å². The fraction of sp³-hybridized carbons (Fsp3) is 0.698. The molecule has 4 atom stereocenters. The van der Waals surface area contributed by atoms with Crippen molar-refractivity contribution in [2.45, 2.75) is 147 Å². The molecule has 61 heavy (non-hydrogen) atoms. The molecule has 0 heterocycles. The van der Waals surface area contributed by atoms with Crippen LogP contribution in [0.15, 0.2) is 24.3 Å². The van der Waals surface area contributed by atoms with Gasteiger partial charge in [0.15, 0.2) is 0 Å². The molecular weight excluding hydrogens is 805 g/mol. The van der Waals surface area contributed by atoms with E-state index in [-0.39, 0.29) is 50.4 Å². The van der Waals surface area contributed by atoms with Crippen LogP contribution in [0.3, 0.4) is 0 Å². The number of ether oxygens (including phenoxy) is 1. The van der Waals surface area contributed by atoms with Crippen LogP contribution in [-0.4, -0.2) is 116 Å². The highest BCUT2D eigenvalue weighted by molar-refractivity contribution is 7.98. The summed E-state index contributed by atoms with van der Waals surface area (Å²) in [6, 6.07) is 1.47. The molecule has 0 aliphatic rings. The highest BCUT2D eigenvalue weighted by atomic mass is 32.2. The Kier molecular flexibility index (Phi) is 30.6. The second-order valence-corrected chi connectivity index (χ2v) is 16.2. The van der Waals surface area contributed by atoms with E-state index >= 15 is 0 Å². The van der Waals surface area contributed by atoms with Gasteiger partial charge in [0, 0.05) is 32.9 Å². The lowest BCUT2D eigenvalue weighted by molar-refractivity contribution is -0.134. The topological polar surface area (TPSA) is 273 Å². The van der Waals surface area contributed by atoms with E-state index in [0.717, 1.165) is 12.8 Å². The zero-order chi connectivity index (χ0) is 45.3. The van der Waals surface area contributed by atoms with Gasteiger partial charge in [0.05, 0.1) is 13.2 Å². The molecule has 0 unspecified atom stereocenters. The maximum absolute atomic E-state index is 13.8. The molecule has 7 amide bonds. The Morgan fingerprint density at radius 2 is 1.23 bits per heavy atom. The lowest BCUT2D eigenvalue weighted by atomic mass is 10.0. The summed E-state index contributed by atoms with van der Waals surface area (Å²) in [5.74, 6) is -3.83. The van der Waals surface area contributed by atoms with Gasteiger partial charge in [-0.1, -0.05) is 76.8 Å². The number of hydrogen-bond acceptors (Lipinski definition) is 11. The quantitative estimate of drug-likeness (QED) is 0.0441. The Morgan fingerprint density at radius 3 is 1.82 bits per heavy atom. The molecule has 0 aliphatic heterocycles. The van der Waals surface area contributed by atoms with Crippen molar-refractivity contribution in [3.8, 4) is 5.75 Å². The SMILES string of the molecule is CCCCCCCCCCCCOCCC(=O)N[C@@H](CCSC)C(=O)NCC(=O)N[C@@H](Cc1ccc(O)cc1)C(=O)N[C@@H](CCC(N)=O)C(=O)N[C@@H](CCCCN)C(=O)NC. The molecule has 1 aromatic rings. The van der Waals surface area contributed by atoms with Gasteiger partial charge < -0.3 is 53.2 Å². The van der Waals surface area contributed by atoms with Crippen molar-refractivity contribution in [1.29, 1.82) is 0 Å². The van der Waals surface area contributed by atoms with Gasteiger partial charge in [0.1, 0.15) is 29.9 Å². The van der Waals surface area contributed by atoms with Gasteiger partial charge in [-0.05, 0) is 74.8 Å². The summed E-state index contributed by atoms with van der Waals surface area (Å²) in [7, 11) is 1.42. The van der Waals surface area contributed by atoms with E-state index in [2.05, 4.69) is 38.8 Å². The van der Waals surface area contributed by atoms with Crippen molar-refractivity contribution in [2.24, 2.45) is 11.5 Å². The van der Waals surface area contributed by atoms with Gasteiger partial charge >= 0.3 is 0 Å². The number of nitrogens with one attached hydrogen (secondary N) is 6. The fourth-order valence-corrected chi connectivity index (χ4v) is 6.85. The van der Waals surface area contributed by atoms with E-state index < -0.39 is 66.2 Å². The predicted molar refractivity (Wildman–Crippen MR) is 238 cm³/mol. The number of aromatic hydroxyl groups is 1. The number of carbonyl (C=O) groups is 7. The monoisotopic (exact) mass is 879 g/mol. The Bertz CT molecular complexity index is 1450. The minimum atomic E-state index is -1.31. The minimum Gasteiger partial charge on any atom is -0.508 e. The first-order chi connectivity index (χ1) is 29.3. The first kappa shape index (κ1) is 54.6. The Hall–Kier alpha value is -4.42. The van der Waals surface area contributed by atoms with Crippen molar-refractivity contribution in [2.75, 3.05) is 45.4 Å². The zero-order valence-electron chi connectivity index (χ0n) is 36.7. The highest BCUT2D eigenvalue weighted by Crippen LogP contribution is 2.13. The Balaban J connectivity index is 2.88. The largest absolute Gasteiger partial charge is 0.508 e. The van der Waals surface area contributed by atoms with Crippen LogP contribution in [0.25, 0.3) is 0 Å². The average molecular weight is 879 g/mol. The van der Waals surface area contributed by atoms with E-state index in [0.29, 0.717) is 43.7 Å². The minimum absolute atomic E-state index is 0.0168. The molecule has 1 rings (SSSR count). The Morgan fingerprint density at radius 1 is 0.656 bits per heavy atom. The number of likely N-dealkylation sites (N-methyl/N-ethyl adjacent to an activating group) is 1. The fourth-order valence-electron chi connectivity index (χ4n) is 6.38. The molecule has 18 heteroatoms. The molecule has 11 N–H and O–H groups in total. The van der Waals surface area contributed by atoms with Gasteiger partial charge in [0.25, 0.3) is 0 Å². The number of amides is 7. The second-order valence-electron chi connectivity index (χ2n) is 15.2. The Labute approximate surface area is 366 Å². The van der Waals surface area contributed by atoms with Crippen LogP contribution in [0.1, 0.15) is 122 Å². The van der Waals surface area contributed by atoms with Crippen LogP contribution in [-0.2, 0) is 44.7 Å². The highest BCUT2D eigenvalue weighted by Gasteiger charge is 2.30. The smallest absolute Gasteiger partial charge is 0.243 e. The lowest BCUT2D eigenvalue weighted by Crippen LogP contribution is -2.58. The van der Waals surface area contributed by atoms with Crippen molar-refractivity contribution in [3.63, 3.8) is 0 Å². The number of nitrogens with two attached hydrogens (primary N) is 2. The lowest BCUT2D eigenvalue weighted by Gasteiger charge is -2.25. The molecule has 0 bridgehead atoms. The molecule has 0 spiro atoms. The number of thioether (sulfide) groups is 1. The first-order valence-corrected chi connectivity index (χ1v) is 23.3. The van der Waals surface area contributed by atoms with Crippen LogP contribution in [0.2, 0.25) is 0 Å². The van der Waals surface area contributed by atoms with Crippen molar-refractivity contribution < 1.29 is 43.4 Å². The first-order valence-electron chi connectivity index (χ1n) is 21.9. The molecule has 0 radical (unpaired) electrons. The molecule has 0 fully saturated rings.